The molecule has 204 valence electrons. The lowest BCUT2D eigenvalue weighted by molar-refractivity contribution is -0.175. The van der Waals surface area contributed by atoms with E-state index >= 15 is 0 Å². The fraction of sp³-hybridized carbons (Fsp3) is 0.739. The summed E-state index contributed by atoms with van der Waals surface area (Å²) in [7, 11) is 0. The van der Waals surface area contributed by atoms with Crippen LogP contribution in [0.25, 0.3) is 0 Å². The number of carbonyl (C=O) groups excluding carboxylic acids is 1. The zero-order valence-electron chi connectivity index (χ0n) is 20.0. The second-order valence-corrected chi connectivity index (χ2v) is 9.14. The molecule has 0 atom stereocenters. The quantitative estimate of drug-likeness (QED) is 0.368. The number of rotatable bonds is 10. The van der Waals surface area contributed by atoms with Crippen LogP contribution in [0.15, 0.2) is 18.2 Å². The Balaban J connectivity index is 1.46. The molecule has 2 saturated heterocycles. The number of hydrogen-bond donors (Lipinski definition) is 1. The molecule has 0 unspecified atom stereocenters. The third-order valence-electron chi connectivity index (χ3n) is 6.64. The van der Waals surface area contributed by atoms with Gasteiger partial charge in [-0.3, -0.25) is 14.6 Å². The topological polar surface area (TPSA) is 66.9 Å². The first-order valence-electron chi connectivity index (χ1n) is 12.0. The second kappa shape index (κ2) is 12.5. The number of anilines is 1. The standard InChI is InChI=1S/C23H32F6N4O3/c24-22(25,26)17-36-16-13-32-9-11-33(12-10-32)21(7-14-35-15-8-21)6-2-5-20(34)31-19-4-1-3-18(30-19)23(27,28)29/h1,3-4H,2,5-17H2,(H,30,31,34). The predicted molar refractivity (Wildman–Crippen MR) is 119 cm³/mol. The smallest absolute Gasteiger partial charge is 0.381 e. The first-order chi connectivity index (χ1) is 17.0. The number of piperazine rings is 1. The Bertz CT molecular complexity index is 838. The number of hydrogen-bond acceptors (Lipinski definition) is 6. The summed E-state index contributed by atoms with van der Waals surface area (Å²) in [4.78, 5) is 20.3. The van der Waals surface area contributed by atoms with Crippen LogP contribution in [0.5, 0.6) is 0 Å². The fourth-order valence-corrected chi connectivity index (χ4v) is 4.75. The molecule has 1 aromatic rings. The van der Waals surface area contributed by atoms with E-state index < -0.39 is 30.6 Å². The molecular formula is C23H32F6N4O3. The molecule has 2 fully saturated rings. The summed E-state index contributed by atoms with van der Waals surface area (Å²) in [5, 5.41) is 2.45. The third kappa shape index (κ3) is 8.86. The van der Waals surface area contributed by atoms with E-state index in [9.17, 15) is 31.1 Å². The van der Waals surface area contributed by atoms with Crippen molar-refractivity contribution >= 4 is 11.7 Å². The summed E-state index contributed by atoms with van der Waals surface area (Å²) in [6.07, 6.45) is -5.87. The number of ether oxygens (including phenoxy) is 2. The lowest BCUT2D eigenvalue weighted by Crippen LogP contribution is -2.59. The van der Waals surface area contributed by atoms with Gasteiger partial charge >= 0.3 is 12.4 Å². The predicted octanol–water partition coefficient (Wildman–Crippen LogP) is 3.95. The molecule has 1 N–H and O–H groups in total. The molecule has 0 aliphatic carbocycles. The number of aromatic nitrogens is 1. The third-order valence-corrected chi connectivity index (χ3v) is 6.64. The fourth-order valence-electron chi connectivity index (χ4n) is 4.75. The summed E-state index contributed by atoms with van der Waals surface area (Å²) in [6, 6.07) is 3.37. The van der Waals surface area contributed by atoms with Crippen molar-refractivity contribution in [1.29, 1.82) is 0 Å². The number of nitrogens with zero attached hydrogens (tertiary/aromatic N) is 3. The maximum absolute atomic E-state index is 12.8. The first kappa shape index (κ1) is 28.6. The number of carbonyl (C=O) groups is 1. The van der Waals surface area contributed by atoms with Gasteiger partial charge in [-0.05, 0) is 37.8 Å². The van der Waals surface area contributed by atoms with E-state index in [1.54, 1.807) is 0 Å². The average molecular weight is 527 g/mol. The Hall–Kier alpha value is -1.96. The Morgan fingerprint density at radius 2 is 1.78 bits per heavy atom. The van der Waals surface area contributed by atoms with Crippen molar-refractivity contribution in [2.45, 2.75) is 50.0 Å². The van der Waals surface area contributed by atoms with E-state index in [0.717, 1.165) is 38.4 Å². The molecule has 7 nitrogen and oxygen atoms in total. The maximum Gasteiger partial charge on any atom is 0.433 e. The van der Waals surface area contributed by atoms with Crippen molar-refractivity contribution in [2.24, 2.45) is 0 Å². The van der Waals surface area contributed by atoms with Gasteiger partial charge in [-0.15, -0.1) is 0 Å². The van der Waals surface area contributed by atoms with Crippen molar-refractivity contribution < 1.29 is 40.6 Å². The number of alkyl halides is 6. The van der Waals surface area contributed by atoms with Crippen LogP contribution < -0.4 is 5.32 Å². The molecule has 0 aromatic carbocycles. The minimum absolute atomic E-state index is 0.0222. The van der Waals surface area contributed by atoms with E-state index in [2.05, 4.69) is 20.1 Å². The van der Waals surface area contributed by atoms with Gasteiger partial charge in [0, 0.05) is 57.9 Å². The maximum atomic E-state index is 12.8. The average Bonchev–Trinajstić information content (AvgIpc) is 2.82. The highest BCUT2D eigenvalue weighted by Crippen LogP contribution is 2.34. The summed E-state index contributed by atoms with van der Waals surface area (Å²) in [5.74, 6) is -0.529. The number of pyridine rings is 1. The zero-order valence-corrected chi connectivity index (χ0v) is 20.0. The van der Waals surface area contributed by atoms with Crippen molar-refractivity contribution in [3.8, 4) is 0 Å². The molecule has 0 saturated carbocycles. The van der Waals surface area contributed by atoms with E-state index in [-0.39, 0.29) is 24.4 Å². The molecule has 3 rings (SSSR count). The molecule has 1 aromatic heterocycles. The molecule has 2 aliphatic rings. The van der Waals surface area contributed by atoms with Crippen molar-refractivity contribution in [1.82, 2.24) is 14.8 Å². The van der Waals surface area contributed by atoms with E-state index in [1.807, 2.05) is 0 Å². The molecule has 0 bridgehead atoms. The highest BCUT2D eigenvalue weighted by atomic mass is 19.4. The van der Waals surface area contributed by atoms with Crippen molar-refractivity contribution in [3.63, 3.8) is 0 Å². The Kier molecular flexibility index (Phi) is 9.95. The summed E-state index contributed by atoms with van der Waals surface area (Å²) in [6.45, 7) is 3.34. The van der Waals surface area contributed by atoms with Gasteiger partial charge in [-0.2, -0.15) is 26.3 Å². The van der Waals surface area contributed by atoms with Crippen LogP contribution in [-0.4, -0.2) is 91.6 Å². The van der Waals surface area contributed by atoms with Gasteiger partial charge in [-0.1, -0.05) is 6.07 Å². The molecule has 0 spiro atoms. The van der Waals surface area contributed by atoms with E-state index in [0.29, 0.717) is 39.3 Å². The normalized spacial score (nSPS) is 19.8. The summed E-state index contributed by atoms with van der Waals surface area (Å²) >= 11 is 0. The van der Waals surface area contributed by atoms with Crippen molar-refractivity contribution in [2.75, 3.05) is 64.5 Å². The van der Waals surface area contributed by atoms with Gasteiger partial charge < -0.3 is 14.8 Å². The van der Waals surface area contributed by atoms with E-state index in [1.165, 1.54) is 12.1 Å². The van der Waals surface area contributed by atoms with Gasteiger partial charge in [0.15, 0.2) is 0 Å². The van der Waals surface area contributed by atoms with Crippen LogP contribution in [0.1, 0.15) is 37.8 Å². The first-order valence-corrected chi connectivity index (χ1v) is 12.0. The molecule has 13 heteroatoms. The molecular weight excluding hydrogens is 494 g/mol. The lowest BCUT2D eigenvalue weighted by atomic mass is 9.82. The highest BCUT2D eigenvalue weighted by Gasteiger charge is 2.39. The highest BCUT2D eigenvalue weighted by molar-refractivity contribution is 5.89. The van der Waals surface area contributed by atoms with Crippen LogP contribution >= 0.6 is 0 Å². The largest absolute Gasteiger partial charge is 0.433 e. The Morgan fingerprint density at radius 3 is 2.42 bits per heavy atom. The Morgan fingerprint density at radius 1 is 1.08 bits per heavy atom. The van der Waals surface area contributed by atoms with Gasteiger partial charge in [-0.25, -0.2) is 4.98 Å². The lowest BCUT2D eigenvalue weighted by Gasteiger charge is -2.50. The molecule has 2 aliphatic heterocycles. The van der Waals surface area contributed by atoms with Gasteiger partial charge in [0.05, 0.1) is 6.61 Å². The van der Waals surface area contributed by atoms with Crippen LogP contribution in [-0.2, 0) is 20.4 Å². The SMILES string of the molecule is O=C(CCCC1(N2CCN(CCOCC(F)(F)F)CC2)CCOCC1)Nc1cccc(C(F)(F)F)n1. The van der Waals surface area contributed by atoms with Gasteiger partial charge in [0.1, 0.15) is 18.1 Å². The molecule has 36 heavy (non-hydrogen) atoms. The van der Waals surface area contributed by atoms with Crippen LogP contribution in [0, 0.1) is 0 Å². The summed E-state index contributed by atoms with van der Waals surface area (Å²) in [5.41, 5.74) is -1.21. The van der Waals surface area contributed by atoms with E-state index in [4.69, 9.17) is 9.47 Å². The monoisotopic (exact) mass is 526 g/mol. The molecule has 3 heterocycles. The second-order valence-electron chi connectivity index (χ2n) is 9.14. The minimum Gasteiger partial charge on any atom is -0.381 e. The van der Waals surface area contributed by atoms with Crippen molar-refractivity contribution in [3.05, 3.63) is 23.9 Å². The van der Waals surface area contributed by atoms with Crippen LogP contribution in [0.3, 0.4) is 0 Å². The minimum atomic E-state index is -4.59. The number of amides is 1. The van der Waals surface area contributed by atoms with Crippen LogP contribution in [0.2, 0.25) is 0 Å². The van der Waals surface area contributed by atoms with Crippen LogP contribution in [0.4, 0.5) is 32.2 Å². The number of halogens is 6. The van der Waals surface area contributed by atoms with Gasteiger partial charge in [0.25, 0.3) is 0 Å². The molecule has 1 amide bonds. The number of nitrogens with one attached hydrogen (secondary N) is 1. The Labute approximate surface area is 206 Å². The molecule has 0 radical (unpaired) electrons. The zero-order chi connectivity index (χ0) is 26.2. The van der Waals surface area contributed by atoms with Gasteiger partial charge in [0.2, 0.25) is 5.91 Å². The summed E-state index contributed by atoms with van der Waals surface area (Å²) < 4.78 is 85.4.